The molecule has 0 saturated carbocycles. The lowest BCUT2D eigenvalue weighted by atomic mass is 10.2. The molecule has 0 atom stereocenters. The second-order valence-corrected chi connectivity index (χ2v) is 5.89. The molecule has 0 unspecified atom stereocenters. The number of aromatic nitrogens is 4. The summed E-state index contributed by atoms with van der Waals surface area (Å²) in [6.07, 6.45) is 3.69. The summed E-state index contributed by atoms with van der Waals surface area (Å²) in [5.74, 6) is 1.47. The van der Waals surface area contributed by atoms with Crippen LogP contribution in [0.3, 0.4) is 0 Å². The van der Waals surface area contributed by atoms with Crippen LogP contribution in [-0.2, 0) is 6.54 Å². The van der Waals surface area contributed by atoms with E-state index in [9.17, 15) is 0 Å². The molecule has 0 amide bonds. The van der Waals surface area contributed by atoms with Crippen molar-refractivity contribution in [2.24, 2.45) is 0 Å². The van der Waals surface area contributed by atoms with Crippen LogP contribution < -0.4 is 15.2 Å². The Balaban J connectivity index is 1.79. The summed E-state index contributed by atoms with van der Waals surface area (Å²) in [5.41, 5.74) is 8.46. The SMILES string of the molecule is COc1ccc(Cn2cc(-c3cc(OC(C)C)nc(N)n3)cn2)cc1. The van der Waals surface area contributed by atoms with Crippen LogP contribution in [-0.4, -0.2) is 33.0 Å². The maximum Gasteiger partial charge on any atom is 0.223 e. The van der Waals surface area contributed by atoms with E-state index in [4.69, 9.17) is 15.2 Å². The molecule has 1 aromatic carbocycles. The molecule has 0 saturated heterocycles. The first-order valence-corrected chi connectivity index (χ1v) is 8.00. The molecule has 3 aromatic rings. The topological polar surface area (TPSA) is 88.1 Å². The summed E-state index contributed by atoms with van der Waals surface area (Å²) in [6, 6.07) is 9.65. The molecule has 0 radical (unpaired) electrons. The normalized spacial score (nSPS) is 10.9. The number of hydrogen-bond donors (Lipinski definition) is 1. The molecule has 0 aliphatic heterocycles. The van der Waals surface area contributed by atoms with Crippen molar-refractivity contribution < 1.29 is 9.47 Å². The van der Waals surface area contributed by atoms with Crippen molar-refractivity contribution in [1.82, 2.24) is 19.7 Å². The minimum Gasteiger partial charge on any atom is -0.497 e. The van der Waals surface area contributed by atoms with Gasteiger partial charge in [-0.3, -0.25) is 4.68 Å². The van der Waals surface area contributed by atoms with E-state index < -0.39 is 0 Å². The third-order valence-corrected chi connectivity index (χ3v) is 3.51. The molecule has 3 rings (SSSR count). The maximum absolute atomic E-state index is 5.79. The number of ether oxygens (including phenoxy) is 2. The van der Waals surface area contributed by atoms with Gasteiger partial charge in [-0.2, -0.15) is 10.1 Å². The van der Waals surface area contributed by atoms with Gasteiger partial charge in [0.15, 0.2) is 0 Å². The number of anilines is 1. The summed E-state index contributed by atoms with van der Waals surface area (Å²) >= 11 is 0. The Morgan fingerprint density at radius 3 is 2.60 bits per heavy atom. The van der Waals surface area contributed by atoms with E-state index in [0.717, 1.165) is 16.9 Å². The van der Waals surface area contributed by atoms with Crippen LogP contribution in [0.15, 0.2) is 42.7 Å². The predicted octanol–water partition coefficient (Wildman–Crippen LogP) is 2.77. The molecular formula is C18H21N5O2. The first-order chi connectivity index (χ1) is 12.0. The Morgan fingerprint density at radius 2 is 1.92 bits per heavy atom. The minimum atomic E-state index is 0.0138. The summed E-state index contributed by atoms with van der Waals surface area (Å²) in [7, 11) is 1.65. The van der Waals surface area contributed by atoms with Gasteiger partial charge in [0.2, 0.25) is 11.8 Å². The monoisotopic (exact) mass is 339 g/mol. The Hall–Kier alpha value is -3.09. The van der Waals surface area contributed by atoms with Crippen LogP contribution in [0.4, 0.5) is 5.95 Å². The van der Waals surface area contributed by atoms with Crippen LogP contribution in [0.25, 0.3) is 11.3 Å². The van der Waals surface area contributed by atoms with E-state index in [1.165, 1.54) is 0 Å². The third kappa shape index (κ3) is 4.26. The van der Waals surface area contributed by atoms with Gasteiger partial charge in [-0.05, 0) is 31.5 Å². The minimum absolute atomic E-state index is 0.0138. The Labute approximate surface area is 146 Å². The lowest BCUT2D eigenvalue weighted by Gasteiger charge is -2.09. The van der Waals surface area contributed by atoms with E-state index in [1.807, 2.05) is 49.0 Å². The van der Waals surface area contributed by atoms with Crippen LogP contribution in [0.2, 0.25) is 0 Å². The second kappa shape index (κ2) is 7.21. The molecule has 0 aliphatic rings. The fraction of sp³-hybridized carbons (Fsp3) is 0.278. The third-order valence-electron chi connectivity index (χ3n) is 3.51. The quantitative estimate of drug-likeness (QED) is 0.743. The van der Waals surface area contributed by atoms with Crippen LogP contribution >= 0.6 is 0 Å². The van der Waals surface area contributed by atoms with Gasteiger partial charge < -0.3 is 15.2 Å². The lowest BCUT2D eigenvalue weighted by Crippen LogP contribution is -2.08. The van der Waals surface area contributed by atoms with Gasteiger partial charge in [0.1, 0.15) is 5.75 Å². The molecule has 0 fully saturated rings. The number of nitrogen functional groups attached to an aromatic ring is 1. The number of methoxy groups -OCH3 is 1. The highest BCUT2D eigenvalue weighted by molar-refractivity contribution is 5.59. The highest BCUT2D eigenvalue weighted by atomic mass is 16.5. The molecule has 7 nitrogen and oxygen atoms in total. The molecule has 0 spiro atoms. The number of nitrogens with two attached hydrogens (primary N) is 1. The first-order valence-electron chi connectivity index (χ1n) is 8.00. The first kappa shape index (κ1) is 16.8. The van der Waals surface area contributed by atoms with Gasteiger partial charge in [-0.25, -0.2) is 4.98 Å². The van der Waals surface area contributed by atoms with Crippen molar-refractivity contribution >= 4 is 5.95 Å². The van der Waals surface area contributed by atoms with Gasteiger partial charge in [0, 0.05) is 17.8 Å². The summed E-state index contributed by atoms with van der Waals surface area (Å²) < 4.78 is 12.6. The molecule has 2 N–H and O–H groups in total. The standard InChI is InChI=1S/C18H21N5O2/c1-12(2)25-17-8-16(21-18(19)22-17)14-9-20-23(11-14)10-13-4-6-15(24-3)7-5-13/h4-9,11-12H,10H2,1-3H3,(H2,19,21,22). The predicted molar refractivity (Wildman–Crippen MR) is 95.5 cm³/mol. The van der Waals surface area contributed by atoms with Crippen molar-refractivity contribution in [3.63, 3.8) is 0 Å². The highest BCUT2D eigenvalue weighted by Crippen LogP contribution is 2.22. The van der Waals surface area contributed by atoms with Crippen molar-refractivity contribution in [2.75, 3.05) is 12.8 Å². The fourth-order valence-corrected chi connectivity index (χ4v) is 2.39. The molecule has 7 heteroatoms. The summed E-state index contributed by atoms with van der Waals surface area (Å²) in [6.45, 7) is 4.52. The summed E-state index contributed by atoms with van der Waals surface area (Å²) in [5, 5.41) is 4.39. The molecule has 25 heavy (non-hydrogen) atoms. The zero-order chi connectivity index (χ0) is 17.8. The van der Waals surface area contributed by atoms with Gasteiger partial charge in [0.05, 0.1) is 31.6 Å². The van der Waals surface area contributed by atoms with Gasteiger partial charge in [0.25, 0.3) is 0 Å². The van der Waals surface area contributed by atoms with E-state index in [0.29, 0.717) is 18.1 Å². The number of benzene rings is 1. The smallest absolute Gasteiger partial charge is 0.223 e. The molecular weight excluding hydrogens is 318 g/mol. The van der Waals surface area contributed by atoms with Gasteiger partial charge >= 0.3 is 0 Å². The van der Waals surface area contributed by atoms with Gasteiger partial charge in [-0.1, -0.05) is 12.1 Å². The lowest BCUT2D eigenvalue weighted by molar-refractivity contribution is 0.233. The number of hydrogen-bond acceptors (Lipinski definition) is 6. The average Bonchev–Trinajstić information content (AvgIpc) is 3.03. The van der Waals surface area contributed by atoms with E-state index in [1.54, 1.807) is 19.4 Å². The number of nitrogens with zero attached hydrogens (tertiary/aromatic N) is 4. The van der Waals surface area contributed by atoms with Crippen LogP contribution in [0.1, 0.15) is 19.4 Å². The van der Waals surface area contributed by atoms with Crippen LogP contribution in [0.5, 0.6) is 11.6 Å². The zero-order valence-corrected chi connectivity index (χ0v) is 14.5. The Morgan fingerprint density at radius 1 is 1.16 bits per heavy atom. The van der Waals surface area contributed by atoms with Crippen molar-refractivity contribution in [3.8, 4) is 22.9 Å². The van der Waals surface area contributed by atoms with Gasteiger partial charge in [-0.15, -0.1) is 0 Å². The Bertz CT molecular complexity index is 843. The van der Waals surface area contributed by atoms with Crippen LogP contribution in [0, 0.1) is 0 Å². The molecule has 0 bridgehead atoms. The molecule has 2 aromatic heterocycles. The summed E-state index contributed by atoms with van der Waals surface area (Å²) in [4.78, 5) is 8.37. The Kier molecular flexibility index (Phi) is 4.83. The van der Waals surface area contributed by atoms with Crippen molar-refractivity contribution in [2.45, 2.75) is 26.5 Å². The molecule has 0 aliphatic carbocycles. The largest absolute Gasteiger partial charge is 0.497 e. The van der Waals surface area contributed by atoms with Crippen molar-refractivity contribution in [1.29, 1.82) is 0 Å². The second-order valence-electron chi connectivity index (χ2n) is 5.89. The zero-order valence-electron chi connectivity index (χ0n) is 14.5. The molecule has 130 valence electrons. The average molecular weight is 339 g/mol. The van der Waals surface area contributed by atoms with E-state index >= 15 is 0 Å². The van der Waals surface area contributed by atoms with E-state index in [2.05, 4.69) is 15.1 Å². The van der Waals surface area contributed by atoms with Crippen molar-refractivity contribution in [3.05, 3.63) is 48.3 Å². The maximum atomic E-state index is 5.79. The number of rotatable bonds is 6. The highest BCUT2D eigenvalue weighted by Gasteiger charge is 2.09. The van der Waals surface area contributed by atoms with E-state index in [-0.39, 0.29) is 12.1 Å². The fourth-order valence-electron chi connectivity index (χ4n) is 2.39. The molecule has 2 heterocycles.